The van der Waals surface area contributed by atoms with E-state index >= 15 is 0 Å². The first kappa shape index (κ1) is 21.9. The minimum absolute atomic E-state index is 0.280. The van der Waals surface area contributed by atoms with Gasteiger partial charge in [0.1, 0.15) is 11.5 Å². The quantitative estimate of drug-likeness (QED) is 0.651. The molecule has 3 rings (SSSR count). The summed E-state index contributed by atoms with van der Waals surface area (Å²) in [4.78, 5) is 12.5. The fourth-order valence-corrected chi connectivity index (χ4v) is 4.83. The van der Waals surface area contributed by atoms with Gasteiger partial charge in [-0.15, -0.1) is 0 Å². The van der Waals surface area contributed by atoms with Gasteiger partial charge in [0.2, 0.25) is 15.9 Å². The minimum Gasteiger partial charge on any atom is -0.496 e. The highest BCUT2D eigenvalue weighted by molar-refractivity contribution is 7.89. The summed E-state index contributed by atoms with van der Waals surface area (Å²) in [5, 5.41) is 2.79. The first-order chi connectivity index (χ1) is 14.5. The molecule has 1 heterocycles. The molecule has 0 aromatic heterocycles. The van der Waals surface area contributed by atoms with Crippen molar-refractivity contribution in [3.05, 3.63) is 59.7 Å². The molecule has 8 heteroatoms. The number of methoxy groups -OCH3 is 2. The van der Waals surface area contributed by atoms with Crippen LogP contribution < -0.4 is 14.8 Å². The second kappa shape index (κ2) is 9.77. The molecule has 2 aromatic carbocycles. The molecule has 7 nitrogen and oxygen atoms in total. The van der Waals surface area contributed by atoms with E-state index in [9.17, 15) is 13.2 Å². The number of carbonyl (C=O) groups excluding carboxylic acids is 1. The number of amides is 1. The zero-order valence-corrected chi connectivity index (χ0v) is 17.9. The van der Waals surface area contributed by atoms with Crippen LogP contribution in [0.3, 0.4) is 0 Å². The average molecular weight is 431 g/mol. The van der Waals surface area contributed by atoms with Crippen molar-refractivity contribution in [1.29, 1.82) is 0 Å². The van der Waals surface area contributed by atoms with Crippen LogP contribution >= 0.6 is 0 Å². The van der Waals surface area contributed by atoms with E-state index in [-0.39, 0.29) is 17.3 Å². The van der Waals surface area contributed by atoms with E-state index < -0.39 is 10.0 Å². The maximum Gasteiger partial charge on any atom is 0.244 e. The molecule has 1 amide bonds. The topological polar surface area (TPSA) is 84.9 Å². The van der Waals surface area contributed by atoms with Crippen LogP contribution in [0.25, 0.3) is 6.08 Å². The fraction of sp³-hybridized carbons (Fsp3) is 0.318. The summed E-state index contributed by atoms with van der Waals surface area (Å²) in [6.07, 6.45) is 4.85. The third kappa shape index (κ3) is 5.01. The van der Waals surface area contributed by atoms with Crippen LogP contribution in [0.1, 0.15) is 24.0 Å². The Morgan fingerprint density at radius 3 is 2.20 bits per heavy atom. The first-order valence-electron chi connectivity index (χ1n) is 9.71. The summed E-state index contributed by atoms with van der Waals surface area (Å²) in [5.41, 5.74) is 1.49. The summed E-state index contributed by atoms with van der Waals surface area (Å²) in [6.45, 7) is 1.43. The third-order valence-corrected chi connectivity index (χ3v) is 6.87. The molecule has 1 saturated heterocycles. The Bertz CT molecular complexity index is 988. The van der Waals surface area contributed by atoms with Crippen molar-refractivity contribution < 1.29 is 22.7 Å². The second-order valence-corrected chi connectivity index (χ2v) is 8.82. The SMILES string of the molecule is COc1cccc(OC)c1/C=C/C(=O)NCc1ccc(S(=O)(=O)N2CCCC2)cc1. The van der Waals surface area contributed by atoms with Crippen LogP contribution in [0.5, 0.6) is 11.5 Å². The molecule has 1 aliphatic rings. The average Bonchev–Trinajstić information content (AvgIpc) is 3.32. The lowest BCUT2D eigenvalue weighted by atomic mass is 10.1. The lowest BCUT2D eigenvalue weighted by Gasteiger charge is -2.15. The van der Waals surface area contributed by atoms with Gasteiger partial charge in [0.05, 0.1) is 24.7 Å². The molecule has 1 fully saturated rings. The Labute approximate surface area is 177 Å². The lowest BCUT2D eigenvalue weighted by molar-refractivity contribution is -0.116. The number of benzene rings is 2. The molecule has 0 spiro atoms. The molecule has 0 bridgehead atoms. The van der Waals surface area contributed by atoms with Crippen molar-refractivity contribution in [2.45, 2.75) is 24.3 Å². The predicted molar refractivity (Wildman–Crippen MR) is 115 cm³/mol. The Kier molecular flexibility index (Phi) is 7.12. The Morgan fingerprint density at radius 2 is 1.63 bits per heavy atom. The van der Waals surface area contributed by atoms with Crippen molar-refractivity contribution in [3.8, 4) is 11.5 Å². The number of hydrogen-bond donors (Lipinski definition) is 1. The van der Waals surface area contributed by atoms with Crippen molar-refractivity contribution in [2.24, 2.45) is 0 Å². The van der Waals surface area contributed by atoms with Crippen LogP contribution in [-0.4, -0.2) is 45.9 Å². The van der Waals surface area contributed by atoms with Gasteiger partial charge in [0, 0.05) is 25.7 Å². The first-order valence-corrected chi connectivity index (χ1v) is 11.2. The van der Waals surface area contributed by atoms with E-state index in [0.29, 0.717) is 30.2 Å². The highest BCUT2D eigenvalue weighted by atomic mass is 32.2. The molecular formula is C22H26N2O5S. The van der Waals surface area contributed by atoms with Gasteiger partial charge in [-0.25, -0.2) is 8.42 Å². The van der Waals surface area contributed by atoms with Gasteiger partial charge in [-0.2, -0.15) is 4.31 Å². The number of nitrogens with zero attached hydrogens (tertiary/aromatic N) is 1. The van der Waals surface area contributed by atoms with Crippen molar-refractivity contribution >= 4 is 22.0 Å². The summed E-state index contributed by atoms with van der Waals surface area (Å²) in [6, 6.07) is 12.0. The standard InChI is InChI=1S/C22H26N2O5S/c1-28-20-6-5-7-21(29-2)19(20)12-13-22(25)23-16-17-8-10-18(11-9-17)30(26,27)24-14-3-4-15-24/h5-13H,3-4,14-16H2,1-2H3,(H,23,25)/b13-12+. The highest BCUT2D eigenvalue weighted by Crippen LogP contribution is 2.29. The fourth-order valence-electron chi connectivity index (χ4n) is 3.31. The molecule has 1 aliphatic heterocycles. The Hall–Kier alpha value is -2.84. The van der Waals surface area contributed by atoms with Crippen molar-refractivity contribution in [2.75, 3.05) is 27.3 Å². The van der Waals surface area contributed by atoms with E-state index in [2.05, 4.69) is 5.32 Å². The molecule has 2 aromatic rings. The number of ether oxygens (including phenoxy) is 2. The lowest BCUT2D eigenvalue weighted by Crippen LogP contribution is -2.27. The minimum atomic E-state index is -3.43. The number of nitrogens with one attached hydrogen (secondary N) is 1. The molecule has 0 saturated carbocycles. The number of rotatable bonds is 8. The summed E-state index contributed by atoms with van der Waals surface area (Å²) >= 11 is 0. The molecular weight excluding hydrogens is 404 g/mol. The predicted octanol–water partition coefficient (Wildman–Crippen LogP) is 2.82. The molecule has 1 N–H and O–H groups in total. The van der Waals surface area contributed by atoms with E-state index in [1.165, 1.54) is 10.4 Å². The summed E-state index contributed by atoms with van der Waals surface area (Å²) in [5.74, 6) is 0.929. The van der Waals surface area contributed by atoms with Gasteiger partial charge in [0.15, 0.2) is 0 Å². The van der Waals surface area contributed by atoms with Gasteiger partial charge >= 0.3 is 0 Å². The number of sulfonamides is 1. The van der Waals surface area contributed by atoms with Gasteiger partial charge < -0.3 is 14.8 Å². The van der Waals surface area contributed by atoms with E-state index in [1.54, 1.807) is 56.7 Å². The molecule has 0 unspecified atom stereocenters. The molecule has 160 valence electrons. The zero-order valence-electron chi connectivity index (χ0n) is 17.1. The molecule has 0 atom stereocenters. The summed E-state index contributed by atoms with van der Waals surface area (Å²) < 4.78 is 37.3. The van der Waals surface area contributed by atoms with Gasteiger partial charge in [-0.1, -0.05) is 18.2 Å². The van der Waals surface area contributed by atoms with E-state index in [4.69, 9.17) is 9.47 Å². The van der Waals surface area contributed by atoms with Crippen molar-refractivity contribution in [1.82, 2.24) is 9.62 Å². The number of hydrogen-bond acceptors (Lipinski definition) is 5. The monoisotopic (exact) mass is 430 g/mol. The van der Waals surface area contributed by atoms with Crippen LogP contribution in [0.4, 0.5) is 0 Å². The molecule has 30 heavy (non-hydrogen) atoms. The molecule has 0 radical (unpaired) electrons. The van der Waals surface area contributed by atoms with Gasteiger partial charge in [-0.3, -0.25) is 4.79 Å². The maximum absolute atomic E-state index is 12.6. The normalized spacial score (nSPS) is 14.7. The van der Waals surface area contributed by atoms with Crippen LogP contribution in [0.15, 0.2) is 53.4 Å². The van der Waals surface area contributed by atoms with E-state index in [1.807, 2.05) is 6.07 Å². The molecule has 0 aliphatic carbocycles. The Morgan fingerprint density at radius 1 is 1.03 bits per heavy atom. The number of carbonyl (C=O) groups is 1. The maximum atomic E-state index is 12.6. The smallest absolute Gasteiger partial charge is 0.244 e. The highest BCUT2D eigenvalue weighted by Gasteiger charge is 2.26. The van der Waals surface area contributed by atoms with Gasteiger partial charge in [0.25, 0.3) is 0 Å². The van der Waals surface area contributed by atoms with Gasteiger partial charge in [-0.05, 0) is 48.7 Å². The van der Waals surface area contributed by atoms with Crippen LogP contribution in [-0.2, 0) is 21.4 Å². The largest absolute Gasteiger partial charge is 0.496 e. The van der Waals surface area contributed by atoms with Crippen molar-refractivity contribution in [3.63, 3.8) is 0 Å². The van der Waals surface area contributed by atoms with Crippen LogP contribution in [0.2, 0.25) is 0 Å². The summed E-state index contributed by atoms with van der Waals surface area (Å²) in [7, 11) is -0.318. The Balaban J connectivity index is 1.61. The second-order valence-electron chi connectivity index (χ2n) is 6.88. The zero-order chi connectivity index (χ0) is 21.6. The van der Waals surface area contributed by atoms with Crippen LogP contribution in [0, 0.1) is 0 Å². The van der Waals surface area contributed by atoms with E-state index in [0.717, 1.165) is 18.4 Å². The third-order valence-electron chi connectivity index (χ3n) is 4.96.